The van der Waals surface area contributed by atoms with Crippen LogP contribution in [0.25, 0.3) is 0 Å². The zero-order valence-electron chi connectivity index (χ0n) is 11.7. The third-order valence-corrected chi connectivity index (χ3v) is 3.50. The Bertz CT molecular complexity index is 532. The number of rotatable bonds is 5. The first-order valence-corrected chi connectivity index (χ1v) is 7.01. The molecule has 0 bridgehead atoms. The second-order valence-corrected chi connectivity index (χ2v) is 4.79. The molecule has 2 aromatic heterocycles. The molecule has 0 aromatic carbocycles. The Morgan fingerprint density at radius 1 is 1.19 bits per heavy atom. The van der Waals surface area contributed by atoms with Gasteiger partial charge in [0.1, 0.15) is 12.7 Å². The van der Waals surface area contributed by atoms with Crippen LogP contribution in [-0.2, 0) is 4.74 Å². The zero-order valence-corrected chi connectivity index (χ0v) is 11.7. The Kier molecular flexibility index (Phi) is 4.65. The Morgan fingerprint density at radius 2 is 2.00 bits per heavy atom. The molecule has 1 N–H and O–H groups in total. The molecule has 7 nitrogen and oxygen atoms in total. The fraction of sp³-hybridized carbons (Fsp3) is 0.429. The van der Waals surface area contributed by atoms with Crippen LogP contribution < -0.4 is 5.32 Å². The summed E-state index contributed by atoms with van der Waals surface area (Å²) in [4.78, 5) is 18.6. The Morgan fingerprint density at radius 3 is 2.71 bits per heavy atom. The van der Waals surface area contributed by atoms with Crippen LogP contribution in [0.4, 0.5) is 5.95 Å². The smallest absolute Gasteiger partial charge is 0.225 e. The highest BCUT2D eigenvalue weighted by Gasteiger charge is 2.22. The predicted molar refractivity (Wildman–Crippen MR) is 77.7 cm³/mol. The first-order valence-electron chi connectivity index (χ1n) is 7.01. The van der Waals surface area contributed by atoms with E-state index in [0.717, 1.165) is 32.8 Å². The summed E-state index contributed by atoms with van der Waals surface area (Å²) >= 11 is 0. The van der Waals surface area contributed by atoms with Crippen LogP contribution in [0, 0.1) is 0 Å². The summed E-state index contributed by atoms with van der Waals surface area (Å²) in [5.41, 5.74) is 1.18. The van der Waals surface area contributed by atoms with Crippen molar-refractivity contribution in [3.63, 3.8) is 0 Å². The highest BCUT2D eigenvalue weighted by atomic mass is 16.5. The number of hydrogen-bond acceptors (Lipinski definition) is 7. The average Bonchev–Trinajstić information content (AvgIpc) is 2.58. The molecule has 3 rings (SSSR count). The van der Waals surface area contributed by atoms with E-state index in [2.05, 4.69) is 36.2 Å². The van der Waals surface area contributed by atoms with Gasteiger partial charge < -0.3 is 10.1 Å². The fourth-order valence-corrected chi connectivity index (χ4v) is 2.44. The largest absolute Gasteiger partial charge is 0.379 e. The van der Waals surface area contributed by atoms with E-state index >= 15 is 0 Å². The van der Waals surface area contributed by atoms with E-state index in [1.165, 1.54) is 18.2 Å². The lowest BCUT2D eigenvalue weighted by Gasteiger charge is -2.34. The second-order valence-electron chi connectivity index (χ2n) is 4.79. The maximum absolute atomic E-state index is 5.44. The van der Waals surface area contributed by atoms with E-state index in [0.29, 0.717) is 5.95 Å². The summed E-state index contributed by atoms with van der Waals surface area (Å²) in [5, 5.41) is 3.27. The molecule has 0 spiro atoms. The van der Waals surface area contributed by atoms with E-state index in [4.69, 9.17) is 4.74 Å². The quantitative estimate of drug-likeness (QED) is 0.869. The van der Waals surface area contributed by atoms with E-state index < -0.39 is 0 Å². The van der Waals surface area contributed by atoms with Gasteiger partial charge in [-0.25, -0.2) is 15.0 Å². The molecule has 0 radical (unpaired) electrons. The van der Waals surface area contributed by atoms with Gasteiger partial charge in [-0.1, -0.05) is 6.07 Å². The molecular weight excluding hydrogens is 268 g/mol. The molecule has 0 aliphatic carbocycles. The van der Waals surface area contributed by atoms with E-state index in [1.807, 2.05) is 12.3 Å². The minimum Gasteiger partial charge on any atom is -0.379 e. The van der Waals surface area contributed by atoms with Crippen LogP contribution in [0.5, 0.6) is 0 Å². The van der Waals surface area contributed by atoms with Gasteiger partial charge in [0, 0.05) is 32.0 Å². The molecule has 3 heterocycles. The van der Waals surface area contributed by atoms with Crippen LogP contribution in [0.15, 0.2) is 37.2 Å². The number of hydrogen-bond donors (Lipinski definition) is 1. The third kappa shape index (κ3) is 3.71. The normalized spacial score (nSPS) is 17.3. The maximum Gasteiger partial charge on any atom is 0.225 e. The van der Waals surface area contributed by atoms with Gasteiger partial charge in [-0.15, -0.1) is 0 Å². The Labute approximate surface area is 123 Å². The van der Waals surface area contributed by atoms with Crippen molar-refractivity contribution in [1.29, 1.82) is 0 Å². The number of nitrogens with one attached hydrogen (secondary N) is 1. The number of nitrogens with zero attached hydrogens (tertiary/aromatic N) is 5. The number of aromatic nitrogens is 4. The van der Waals surface area contributed by atoms with Crippen LogP contribution >= 0.6 is 0 Å². The third-order valence-electron chi connectivity index (χ3n) is 3.50. The van der Waals surface area contributed by atoms with Crippen molar-refractivity contribution in [2.45, 2.75) is 6.04 Å². The lowest BCUT2D eigenvalue weighted by atomic mass is 10.1. The summed E-state index contributed by atoms with van der Waals surface area (Å²) in [7, 11) is 0. The van der Waals surface area contributed by atoms with Gasteiger partial charge in [0.25, 0.3) is 0 Å². The second kappa shape index (κ2) is 7.05. The fourth-order valence-electron chi connectivity index (χ4n) is 2.44. The molecule has 1 saturated heterocycles. The van der Waals surface area contributed by atoms with Crippen LogP contribution in [0.2, 0.25) is 0 Å². The van der Waals surface area contributed by atoms with Crippen molar-refractivity contribution in [2.24, 2.45) is 0 Å². The SMILES string of the molecule is c1cncc(C(CNc2ncncn2)N2CCOCC2)c1. The standard InChI is InChI=1S/C14H18N6O/c1-2-12(8-15-3-1)13(20-4-6-21-7-5-20)9-17-14-18-10-16-11-19-14/h1-3,8,10-11,13H,4-7,9H2,(H,16,17,18,19). The Hall–Kier alpha value is -2.12. The molecule has 7 heteroatoms. The molecule has 1 atom stereocenters. The van der Waals surface area contributed by atoms with Gasteiger partial charge in [0.2, 0.25) is 5.95 Å². The molecule has 1 fully saturated rings. The molecule has 1 aliphatic rings. The van der Waals surface area contributed by atoms with Crippen LogP contribution in [-0.4, -0.2) is 57.7 Å². The van der Waals surface area contributed by atoms with E-state index in [-0.39, 0.29) is 6.04 Å². The molecule has 2 aromatic rings. The number of morpholine rings is 1. The van der Waals surface area contributed by atoms with Crippen molar-refractivity contribution in [1.82, 2.24) is 24.8 Å². The van der Waals surface area contributed by atoms with Crippen LogP contribution in [0.1, 0.15) is 11.6 Å². The van der Waals surface area contributed by atoms with Gasteiger partial charge in [0.15, 0.2) is 0 Å². The molecule has 0 amide bonds. The lowest BCUT2D eigenvalue weighted by molar-refractivity contribution is 0.0186. The van der Waals surface area contributed by atoms with Crippen molar-refractivity contribution in [3.8, 4) is 0 Å². The average molecular weight is 286 g/mol. The van der Waals surface area contributed by atoms with Gasteiger partial charge >= 0.3 is 0 Å². The summed E-state index contributed by atoms with van der Waals surface area (Å²) in [6, 6.07) is 4.29. The van der Waals surface area contributed by atoms with Gasteiger partial charge in [-0.3, -0.25) is 9.88 Å². The van der Waals surface area contributed by atoms with Crippen molar-refractivity contribution in [2.75, 3.05) is 38.2 Å². The first kappa shape index (κ1) is 13.8. The lowest BCUT2D eigenvalue weighted by Crippen LogP contribution is -2.41. The van der Waals surface area contributed by atoms with Crippen LogP contribution in [0.3, 0.4) is 0 Å². The maximum atomic E-state index is 5.44. The van der Waals surface area contributed by atoms with Gasteiger partial charge in [0.05, 0.1) is 19.3 Å². The van der Waals surface area contributed by atoms with Crippen molar-refractivity contribution in [3.05, 3.63) is 42.7 Å². The minimum atomic E-state index is 0.222. The van der Waals surface area contributed by atoms with E-state index in [9.17, 15) is 0 Å². The molecular formula is C14H18N6O. The summed E-state index contributed by atoms with van der Waals surface area (Å²) < 4.78 is 5.44. The number of anilines is 1. The summed E-state index contributed by atoms with van der Waals surface area (Å²) in [6.45, 7) is 4.08. The van der Waals surface area contributed by atoms with E-state index in [1.54, 1.807) is 6.20 Å². The molecule has 1 unspecified atom stereocenters. The summed E-state index contributed by atoms with van der Waals surface area (Å²) in [5.74, 6) is 0.590. The predicted octanol–water partition coefficient (Wildman–Crippen LogP) is 0.752. The first-order chi connectivity index (χ1) is 10.4. The molecule has 0 saturated carbocycles. The Balaban J connectivity index is 1.72. The highest BCUT2D eigenvalue weighted by molar-refractivity contribution is 5.24. The van der Waals surface area contributed by atoms with Gasteiger partial charge in [-0.2, -0.15) is 0 Å². The molecule has 21 heavy (non-hydrogen) atoms. The summed E-state index contributed by atoms with van der Waals surface area (Å²) in [6.07, 6.45) is 6.68. The minimum absolute atomic E-state index is 0.222. The van der Waals surface area contributed by atoms with Gasteiger partial charge in [-0.05, 0) is 11.6 Å². The molecule has 110 valence electrons. The number of ether oxygens (including phenoxy) is 1. The molecule has 1 aliphatic heterocycles. The van der Waals surface area contributed by atoms with Crippen molar-refractivity contribution >= 4 is 5.95 Å². The topological polar surface area (TPSA) is 76.1 Å². The van der Waals surface area contributed by atoms with Crippen molar-refractivity contribution < 1.29 is 4.74 Å². The zero-order chi connectivity index (χ0) is 14.3. The monoisotopic (exact) mass is 286 g/mol. The highest BCUT2D eigenvalue weighted by Crippen LogP contribution is 2.21. The number of pyridine rings is 1.